The molecule has 0 radical (unpaired) electrons. The zero-order chi connectivity index (χ0) is 26.6. The van der Waals surface area contributed by atoms with Gasteiger partial charge >= 0.3 is 0 Å². The molecule has 0 unspecified atom stereocenters. The molecule has 36 heavy (non-hydrogen) atoms. The van der Waals surface area contributed by atoms with Gasteiger partial charge in [0.05, 0.1) is 68.2 Å². The molecule has 12 nitrogen and oxygen atoms in total. The first-order valence-corrected chi connectivity index (χ1v) is 10.7. The summed E-state index contributed by atoms with van der Waals surface area (Å²) in [6.07, 6.45) is 0. The zero-order valence-corrected chi connectivity index (χ0v) is 19.4. The van der Waals surface area contributed by atoms with Crippen LogP contribution in [0.3, 0.4) is 0 Å². The molecule has 0 saturated heterocycles. The average molecular weight is 487 g/mol. The molecular formula is C24H30N12. The van der Waals surface area contributed by atoms with E-state index in [2.05, 4.69) is 0 Å². The predicted octanol–water partition coefficient (Wildman–Crippen LogP) is 1.67. The summed E-state index contributed by atoms with van der Waals surface area (Å²) in [5.74, 6) is 0. The van der Waals surface area contributed by atoms with Gasteiger partial charge in [0.1, 0.15) is 0 Å². The Labute approximate surface area is 207 Å². The minimum absolute atomic E-state index is 0.124. The van der Waals surface area contributed by atoms with Crippen LogP contribution in [0.4, 0.5) is 68.2 Å². The number of rotatable bonds is 3. The van der Waals surface area contributed by atoms with Gasteiger partial charge in [-0.15, -0.1) is 0 Å². The van der Waals surface area contributed by atoms with E-state index in [4.69, 9.17) is 68.8 Å². The van der Waals surface area contributed by atoms with E-state index in [1.807, 2.05) is 12.1 Å². The quantitative estimate of drug-likeness (QED) is 0.184. The van der Waals surface area contributed by atoms with Crippen LogP contribution in [0, 0.1) is 0 Å². The Morgan fingerprint density at radius 2 is 0.611 bits per heavy atom. The van der Waals surface area contributed by atoms with Gasteiger partial charge in [0, 0.05) is 16.7 Å². The second-order valence-corrected chi connectivity index (χ2v) is 8.49. The molecule has 0 aromatic heterocycles. The highest BCUT2D eigenvalue weighted by atomic mass is 14.8. The molecule has 186 valence electrons. The number of nitrogens with two attached hydrogens (primary N) is 12. The van der Waals surface area contributed by atoms with E-state index in [1.54, 1.807) is 24.3 Å². The summed E-state index contributed by atoms with van der Waals surface area (Å²) in [6.45, 7) is 0. The fourth-order valence-corrected chi connectivity index (χ4v) is 4.21. The predicted molar refractivity (Wildman–Crippen MR) is 156 cm³/mol. The van der Waals surface area contributed by atoms with Gasteiger partial charge in [0.25, 0.3) is 0 Å². The van der Waals surface area contributed by atoms with Gasteiger partial charge in [-0.1, -0.05) is 18.2 Å². The summed E-state index contributed by atoms with van der Waals surface area (Å²) in [7, 11) is 0. The van der Waals surface area contributed by atoms with Gasteiger partial charge in [-0.05, 0) is 34.9 Å². The zero-order valence-electron chi connectivity index (χ0n) is 19.4. The smallest absolute Gasteiger partial charge is 0.0809 e. The molecule has 4 aromatic carbocycles. The molecule has 24 N–H and O–H groups in total. The van der Waals surface area contributed by atoms with Crippen LogP contribution in [0.15, 0.2) is 36.4 Å². The fourth-order valence-electron chi connectivity index (χ4n) is 4.21. The summed E-state index contributed by atoms with van der Waals surface area (Å²) in [5.41, 5.74) is 79.7. The topological polar surface area (TPSA) is 312 Å². The van der Waals surface area contributed by atoms with Crippen LogP contribution in [0.25, 0.3) is 33.4 Å². The van der Waals surface area contributed by atoms with Gasteiger partial charge in [0.15, 0.2) is 0 Å². The lowest BCUT2D eigenvalue weighted by Gasteiger charge is -2.23. The van der Waals surface area contributed by atoms with Gasteiger partial charge in [0.2, 0.25) is 0 Å². The maximum atomic E-state index is 6.46. The fraction of sp³-hybridized carbons (Fsp3) is 0. The molecule has 0 fully saturated rings. The summed E-state index contributed by atoms with van der Waals surface area (Å²) in [4.78, 5) is 0. The number of benzene rings is 4. The molecule has 0 spiro atoms. The van der Waals surface area contributed by atoms with Crippen molar-refractivity contribution in [2.45, 2.75) is 0 Å². The minimum Gasteiger partial charge on any atom is -0.397 e. The Balaban J connectivity index is 2.22. The van der Waals surface area contributed by atoms with Crippen molar-refractivity contribution < 1.29 is 0 Å². The third kappa shape index (κ3) is 3.32. The minimum atomic E-state index is 0.124. The highest BCUT2D eigenvalue weighted by molar-refractivity contribution is 6.09. The molecule has 0 aliphatic carbocycles. The van der Waals surface area contributed by atoms with E-state index < -0.39 is 0 Å². The standard InChI is InChI=1S/C24H30N12/c25-12-4-9(16(28)22(34)19(12)31)7-2-1-3-8(10-5-13(26)20(32)23(35)17(10)29)15(7)11-6-14(27)21(33)24(36)18(11)30/h1-6H,25-36H2. The van der Waals surface area contributed by atoms with Crippen molar-refractivity contribution in [1.29, 1.82) is 0 Å². The lowest BCUT2D eigenvalue weighted by Crippen LogP contribution is -2.09. The summed E-state index contributed by atoms with van der Waals surface area (Å²) >= 11 is 0. The Kier molecular flexibility index (Phi) is 5.29. The van der Waals surface area contributed by atoms with E-state index >= 15 is 0 Å². The Morgan fingerprint density at radius 1 is 0.306 bits per heavy atom. The maximum Gasteiger partial charge on any atom is 0.0809 e. The SMILES string of the molecule is Nc1cc(-c2cccc(-c3cc(N)c(N)c(N)c3N)c2-c2cc(N)c(N)c(N)c2N)c(N)c(N)c1N. The van der Waals surface area contributed by atoms with Crippen LogP contribution in [-0.2, 0) is 0 Å². The van der Waals surface area contributed by atoms with E-state index in [-0.39, 0.29) is 68.2 Å². The van der Waals surface area contributed by atoms with Crippen molar-refractivity contribution in [3.05, 3.63) is 36.4 Å². The maximum absolute atomic E-state index is 6.46. The number of nitrogen functional groups attached to an aromatic ring is 12. The van der Waals surface area contributed by atoms with Gasteiger partial charge in [-0.3, -0.25) is 0 Å². The third-order valence-electron chi connectivity index (χ3n) is 6.36. The van der Waals surface area contributed by atoms with Crippen LogP contribution in [-0.4, -0.2) is 0 Å². The molecule has 0 aliphatic heterocycles. The average Bonchev–Trinajstić information content (AvgIpc) is 2.86. The van der Waals surface area contributed by atoms with E-state index in [9.17, 15) is 0 Å². The Hall–Kier alpha value is -5.52. The molecule has 0 amide bonds. The van der Waals surface area contributed by atoms with Crippen LogP contribution < -0.4 is 68.8 Å². The molecule has 0 bridgehead atoms. The first-order chi connectivity index (χ1) is 16.9. The summed E-state index contributed by atoms with van der Waals surface area (Å²) in [6, 6.07) is 10.3. The molecule has 0 heterocycles. The summed E-state index contributed by atoms with van der Waals surface area (Å²) < 4.78 is 0. The van der Waals surface area contributed by atoms with E-state index in [0.29, 0.717) is 33.4 Å². The first-order valence-electron chi connectivity index (χ1n) is 10.7. The molecular weight excluding hydrogens is 456 g/mol. The van der Waals surface area contributed by atoms with Crippen molar-refractivity contribution in [1.82, 2.24) is 0 Å². The lowest BCUT2D eigenvalue weighted by atomic mass is 9.84. The summed E-state index contributed by atoms with van der Waals surface area (Å²) in [5, 5.41) is 0. The molecule has 0 atom stereocenters. The second kappa shape index (κ2) is 8.06. The lowest BCUT2D eigenvalue weighted by molar-refractivity contribution is 1.54. The van der Waals surface area contributed by atoms with E-state index in [0.717, 1.165) is 0 Å². The van der Waals surface area contributed by atoms with Gasteiger partial charge in [-0.25, -0.2) is 0 Å². The van der Waals surface area contributed by atoms with Crippen molar-refractivity contribution >= 4 is 68.2 Å². The number of hydrogen-bond donors (Lipinski definition) is 12. The normalized spacial score (nSPS) is 11.0. The van der Waals surface area contributed by atoms with Crippen LogP contribution >= 0.6 is 0 Å². The van der Waals surface area contributed by atoms with Crippen molar-refractivity contribution in [3.8, 4) is 33.4 Å². The number of hydrogen-bond acceptors (Lipinski definition) is 12. The van der Waals surface area contributed by atoms with Crippen LogP contribution in [0.1, 0.15) is 0 Å². The van der Waals surface area contributed by atoms with Gasteiger partial charge in [-0.2, -0.15) is 0 Å². The Morgan fingerprint density at radius 3 is 0.972 bits per heavy atom. The van der Waals surface area contributed by atoms with Crippen molar-refractivity contribution in [2.24, 2.45) is 0 Å². The monoisotopic (exact) mass is 486 g/mol. The second-order valence-electron chi connectivity index (χ2n) is 8.49. The largest absolute Gasteiger partial charge is 0.397 e. The van der Waals surface area contributed by atoms with Gasteiger partial charge < -0.3 is 68.8 Å². The van der Waals surface area contributed by atoms with Crippen LogP contribution in [0.5, 0.6) is 0 Å². The Bertz CT molecular complexity index is 1480. The molecule has 12 heteroatoms. The molecule has 4 rings (SSSR count). The number of anilines is 12. The molecule has 0 saturated carbocycles. The van der Waals surface area contributed by atoms with Crippen LogP contribution in [0.2, 0.25) is 0 Å². The van der Waals surface area contributed by atoms with E-state index in [1.165, 1.54) is 0 Å². The highest BCUT2D eigenvalue weighted by Gasteiger charge is 2.24. The molecule has 0 aliphatic rings. The third-order valence-corrected chi connectivity index (χ3v) is 6.36. The first kappa shape index (κ1) is 23.6. The highest BCUT2D eigenvalue weighted by Crippen LogP contribution is 2.50. The van der Waals surface area contributed by atoms with Crippen molar-refractivity contribution in [3.63, 3.8) is 0 Å². The molecule has 4 aromatic rings. The van der Waals surface area contributed by atoms with Crippen molar-refractivity contribution in [2.75, 3.05) is 68.8 Å².